The fourth-order valence-electron chi connectivity index (χ4n) is 5.70. The van der Waals surface area contributed by atoms with Crippen LogP contribution in [0.4, 0.5) is 4.79 Å². The van der Waals surface area contributed by atoms with Crippen LogP contribution in [0.1, 0.15) is 80.3 Å². The van der Waals surface area contributed by atoms with Crippen LogP contribution >= 0.6 is 11.8 Å². The number of amides is 2. The molecule has 0 heterocycles. The lowest BCUT2D eigenvalue weighted by molar-refractivity contribution is -0.139. The van der Waals surface area contributed by atoms with E-state index in [1.807, 2.05) is 44.4 Å². The highest BCUT2D eigenvalue weighted by atomic mass is 32.2. The van der Waals surface area contributed by atoms with Gasteiger partial charge in [-0.2, -0.15) is 11.8 Å². The Kier molecular flexibility index (Phi) is 12.1. The lowest BCUT2D eigenvalue weighted by Crippen LogP contribution is -2.51. The maximum atomic E-state index is 13.5. The van der Waals surface area contributed by atoms with Crippen LogP contribution in [0.5, 0.6) is 0 Å². The summed E-state index contributed by atoms with van der Waals surface area (Å²) < 4.78 is 5.16. The topological polar surface area (TPSA) is 125 Å². The number of ether oxygens (including phenoxy) is 1. The quantitative estimate of drug-likeness (QED) is 0.210. The van der Waals surface area contributed by atoms with Gasteiger partial charge in [-0.25, -0.2) is 9.59 Å². The normalized spacial score (nSPS) is 16.7. The lowest BCUT2D eigenvalue weighted by atomic mass is 9.77. The molecule has 3 atom stereocenters. The molecule has 2 amide bonds. The number of aliphatic hydroxyl groups is 1. The number of carbonyl (C=O) groups excluding carboxylic acids is 2. The number of benzene rings is 2. The molecule has 8 nitrogen and oxygen atoms in total. The SMILES string of the molecule is CCOC(=O)NC(O)(c1ccc(C(=O)NC(CCSC)C(=O)O)c(-c2ccccc2C)c1)C(C)CC1CCCCC1. The van der Waals surface area contributed by atoms with E-state index in [9.17, 15) is 24.6 Å². The molecule has 4 N–H and O–H groups in total. The molecule has 224 valence electrons. The largest absolute Gasteiger partial charge is 0.480 e. The number of rotatable bonds is 13. The fraction of sp³-hybridized carbons (Fsp3) is 0.531. The Morgan fingerprint density at radius 3 is 2.44 bits per heavy atom. The number of carboxylic acids is 1. The minimum atomic E-state index is -1.75. The molecule has 9 heteroatoms. The van der Waals surface area contributed by atoms with E-state index < -0.39 is 29.7 Å². The highest BCUT2D eigenvalue weighted by molar-refractivity contribution is 7.98. The summed E-state index contributed by atoms with van der Waals surface area (Å²) in [5.41, 5.74) is 1.19. The van der Waals surface area contributed by atoms with Crippen LogP contribution < -0.4 is 10.6 Å². The van der Waals surface area contributed by atoms with Crippen molar-refractivity contribution >= 4 is 29.7 Å². The zero-order chi connectivity index (χ0) is 30.0. The van der Waals surface area contributed by atoms with Crippen LogP contribution in [0.2, 0.25) is 0 Å². The molecule has 1 saturated carbocycles. The first-order valence-electron chi connectivity index (χ1n) is 14.5. The third-order valence-electron chi connectivity index (χ3n) is 8.05. The molecule has 0 aliphatic heterocycles. The summed E-state index contributed by atoms with van der Waals surface area (Å²) in [6.45, 7) is 5.72. The van der Waals surface area contributed by atoms with E-state index >= 15 is 0 Å². The van der Waals surface area contributed by atoms with E-state index in [0.29, 0.717) is 29.2 Å². The predicted octanol–water partition coefficient (Wildman–Crippen LogP) is 6.10. The minimum absolute atomic E-state index is 0.160. The van der Waals surface area contributed by atoms with Crippen LogP contribution in [0.15, 0.2) is 42.5 Å². The van der Waals surface area contributed by atoms with Gasteiger partial charge in [-0.05, 0) is 73.4 Å². The molecule has 1 fully saturated rings. The molecule has 2 aromatic carbocycles. The molecule has 0 spiro atoms. The monoisotopic (exact) mass is 584 g/mol. The molecule has 41 heavy (non-hydrogen) atoms. The van der Waals surface area contributed by atoms with Gasteiger partial charge in [0.25, 0.3) is 5.91 Å². The van der Waals surface area contributed by atoms with Crippen molar-refractivity contribution in [2.24, 2.45) is 11.8 Å². The Bertz CT molecular complexity index is 1200. The van der Waals surface area contributed by atoms with Crippen LogP contribution in [-0.2, 0) is 15.3 Å². The number of hydrogen-bond acceptors (Lipinski definition) is 6. The number of carboxylic acid groups (broad SMARTS) is 1. The average molecular weight is 585 g/mol. The summed E-state index contributed by atoms with van der Waals surface area (Å²) in [5, 5.41) is 27.3. The minimum Gasteiger partial charge on any atom is -0.480 e. The van der Waals surface area contributed by atoms with Crippen molar-refractivity contribution in [1.29, 1.82) is 0 Å². The first kappa shape index (κ1) is 32.5. The van der Waals surface area contributed by atoms with Crippen molar-refractivity contribution in [2.45, 2.75) is 77.5 Å². The van der Waals surface area contributed by atoms with Crippen LogP contribution in [0, 0.1) is 18.8 Å². The Balaban J connectivity index is 2.08. The molecule has 0 aromatic heterocycles. The van der Waals surface area contributed by atoms with Gasteiger partial charge in [0.05, 0.1) is 6.61 Å². The first-order valence-corrected chi connectivity index (χ1v) is 15.9. The van der Waals surface area contributed by atoms with Crippen molar-refractivity contribution in [3.63, 3.8) is 0 Å². The van der Waals surface area contributed by atoms with E-state index in [4.69, 9.17) is 4.74 Å². The zero-order valence-electron chi connectivity index (χ0n) is 24.6. The summed E-state index contributed by atoms with van der Waals surface area (Å²) in [6, 6.07) is 11.5. The van der Waals surface area contributed by atoms with Gasteiger partial charge in [-0.1, -0.05) is 69.4 Å². The van der Waals surface area contributed by atoms with E-state index in [1.54, 1.807) is 25.1 Å². The molecule has 0 radical (unpaired) electrons. The van der Waals surface area contributed by atoms with E-state index in [1.165, 1.54) is 18.2 Å². The van der Waals surface area contributed by atoms with Crippen molar-refractivity contribution in [3.05, 3.63) is 59.2 Å². The molecular weight excluding hydrogens is 540 g/mol. The van der Waals surface area contributed by atoms with Gasteiger partial charge in [0.2, 0.25) is 0 Å². The Labute approximate surface area is 247 Å². The van der Waals surface area contributed by atoms with Crippen molar-refractivity contribution in [2.75, 3.05) is 18.6 Å². The van der Waals surface area contributed by atoms with Crippen LogP contribution in [0.25, 0.3) is 11.1 Å². The predicted molar refractivity (Wildman–Crippen MR) is 163 cm³/mol. The molecule has 1 aliphatic carbocycles. The molecular formula is C32H44N2O6S. The van der Waals surface area contributed by atoms with Gasteiger partial charge >= 0.3 is 12.1 Å². The Morgan fingerprint density at radius 1 is 1.10 bits per heavy atom. The summed E-state index contributed by atoms with van der Waals surface area (Å²) in [7, 11) is 0. The lowest BCUT2D eigenvalue weighted by Gasteiger charge is -2.38. The van der Waals surface area contributed by atoms with Crippen molar-refractivity contribution in [1.82, 2.24) is 10.6 Å². The van der Waals surface area contributed by atoms with Crippen molar-refractivity contribution in [3.8, 4) is 11.1 Å². The number of aliphatic carboxylic acids is 1. The number of aryl methyl sites for hydroxylation is 1. The van der Waals surface area contributed by atoms with Gasteiger partial charge in [0.15, 0.2) is 5.72 Å². The molecule has 1 aliphatic rings. The van der Waals surface area contributed by atoms with Crippen molar-refractivity contribution < 1.29 is 29.3 Å². The third-order valence-corrected chi connectivity index (χ3v) is 8.69. The van der Waals surface area contributed by atoms with Crippen LogP contribution in [0.3, 0.4) is 0 Å². The van der Waals surface area contributed by atoms with Gasteiger partial charge in [-0.15, -0.1) is 0 Å². The molecule has 2 aromatic rings. The van der Waals surface area contributed by atoms with Gasteiger partial charge in [0, 0.05) is 17.0 Å². The first-order chi connectivity index (χ1) is 19.6. The Hall–Kier alpha value is -3.04. The van der Waals surface area contributed by atoms with Gasteiger partial charge < -0.3 is 20.3 Å². The summed E-state index contributed by atoms with van der Waals surface area (Å²) in [4.78, 5) is 38.0. The van der Waals surface area contributed by atoms with E-state index in [-0.39, 0.29) is 18.1 Å². The number of carbonyl (C=O) groups is 3. The van der Waals surface area contributed by atoms with Gasteiger partial charge in [0.1, 0.15) is 6.04 Å². The molecule has 0 bridgehead atoms. The second kappa shape index (κ2) is 15.3. The second-order valence-corrected chi connectivity index (χ2v) is 12.0. The van der Waals surface area contributed by atoms with Gasteiger partial charge in [-0.3, -0.25) is 10.1 Å². The number of alkyl carbamates (subject to hydrolysis) is 1. The maximum absolute atomic E-state index is 13.5. The second-order valence-electron chi connectivity index (χ2n) is 11.0. The number of thioether (sulfide) groups is 1. The van der Waals surface area contributed by atoms with E-state index in [0.717, 1.165) is 43.2 Å². The standard InChI is InChI=1S/C32H44N2O6S/c1-5-40-31(38)34-32(39,22(3)19-23-12-7-6-8-13-23)24-15-16-26(27(20-24)25-14-10-9-11-21(25)2)29(35)33-28(30(36)37)17-18-41-4/h9-11,14-16,20,22-23,28,39H,5-8,12-13,17-19H2,1-4H3,(H,33,35)(H,34,38)(H,36,37). The average Bonchev–Trinajstić information content (AvgIpc) is 2.95. The summed E-state index contributed by atoms with van der Waals surface area (Å²) >= 11 is 1.51. The highest BCUT2D eigenvalue weighted by Gasteiger charge is 2.40. The van der Waals surface area contributed by atoms with Crippen LogP contribution in [-0.4, -0.2) is 52.8 Å². The number of nitrogens with one attached hydrogen (secondary N) is 2. The Morgan fingerprint density at radius 2 is 1.80 bits per heavy atom. The zero-order valence-corrected chi connectivity index (χ0v) is 25.4. The molecule has 0 saturated heterocycles. The number of hydrogen-bond donors (Lipinski definition) is 4. The fourth-order valence-corrected chi connectivity index (χ4v) is 6.17. The van der Waals surface area contributed by atoms with E-state index in [2.05, 4.69) is 10.6 Å². The molecule has 3 rings (SSSR count). The highest BCUT2D eigenvalue weighted by Crippen LogP contribution is 2.39. The summed E-state index contributed by atoms with van der Waals surface area (Å²) in [6.07, 6.45) is 7.91. The maximum Gasteiger partial charge on any atom is 0.409 e. The molecule has 3 unspecified atom stereocenters. The summed E-state index contributed by atoms with van der Waals surface area (Å²) in [5.74, 6) is -0.912. The smallest absolute Gasteiger partial charge is 0.409 e. The third kappa shape index (κ3) is 8.49.